The van der Waals surface area contributed by atoms with Gasteiger partial charge in [0.1, 0.15) is 12.1 Å². The first-order chi connectivity index (χ1) is 15.0. The lowest BCUT2D eigenvalue weighted by Crippen LogP contribution is -2.15. The van der Waals surface area contributed by atoms with E-state index >= 15 is 0 Å². The van der Waals surface area contributed by atoms with Gasteiger partial charge in [-0.2, -0.15) is 5.10 Å². The molecule has 158 valence electrons. The largest absolute Gasteiger partial charge is 0.468 e. The van der Waals surface area contributed by atoms with E-state index < -0.39 is 17.5 Å². The smallest absolute Gasteiger partial charge is 0.278 e. The van der Waals surface area contributed by atoms with E-state index in [0.29, 0.717) is 11.6 Å². The van der Waals surface area contributed by atoms with Gasteiger partial charge in [-0.15, -0.1) is 5.10 Å². The predicted molar refractivity (Wildman–Crippen MR) is 108 cm³/mol. The molecule has 0 aliphatic heterocycles. The highest BCUT2D eigenvalue weighted by molar-refractivity contribution is 6.30. The summed E-state index contributed by atoms with van der Waals surface area (Å²) in [5.41, 5.74) is 1.03. The van der Waals surface area contributed by atoms with Crippen LogP contribution in [0.5, 0.6) is 5.75 Å². The molecule has 0 spiro atoms. The number of ether oxygens (including phenoxy) is 1. The first-order valence-electron chi connectivity index (χ1n) is 9.03. The number of aromatic nitrogens is 5. The van der Waals surface area contributed by atoms with Crippen LogP contribution in [0.1, 0.15) is 16.1 Å². The molecule has 0 aliphatic rings. The Morgan fingerprint density at radius 3 is 2.77 bits per heavy atom. The Morgan fingerprint density at radius 2 is 1.97 bits per heavy atom. The molecule has 1 amide bonds. The number of anilines is 1. The van der Waals surface area contributed by atoms with E-state index in [1.807, 2.05) is 18.2 Å². The summed E-state index contributed by atoms with van der Waals surface area (Å²) in [7, 11) is 0. The minimum Gasteiger partial charge on any atom is -0.468 e. The predicted octanol–water partition coefficient (Wildman–Crippen LogP) is 3.74. The molecular weight excluding hydrogens is 430 g/mol. The van der Waals surface area contributed by atoms with Crippen LogP contribution in [0.3, 0.4) is 0 Å². The zero-order chi connectivity index (χ0) is 21.8. The monoisotopic (exact) mass is 444 g/mol. The second-order valence-corrected chi connectivity index (χ2v) is 6.87. The third kappa shape index (κ3) is 5.23. The number of amides is 1. The number of hydrogen-bond acceptors (Lipinski definition) is 5. The molecule has 4 aromatic rings. The molecule has 31 heavy (non-hydrogen) atoms. The maximum Gasteiger partial charge on any atom is 0.278 e. The molecule has 0 aliphatic carbocycles. The molecule has 0 saturated carbocycles. The van der Waals surface area contributed by atoms with Gasteiger partial charge in [-0.25, -0.2) is 23.1 Å². The fourth-order valence-electron chi connectivity index (χ4n) is 2.70. The maximum atomic E-state index is 13.6. The van der Waals surface area contributed by atoms with Gasteiger partial charge in [0.15, 0.2) is 24.0 Å². The minimum absolute atomic E-state index is 0.0920. The number of carbonyl (C=O) groups is 1. The van der Waals surface area contributed by atoms with Crippen molar-refractivity contribution in [1.82, 2.24) is 24.5 Å². The molecule has 2 aromatic carbocycles. The highest BCUT2D eigenvalue weighted by Gasteiger charge is 2.13. The Balaban J connectivity index is 1.34. The minimum atomic E-state index is -0.829. The van der Waals surface area contributed by atoms with Gasteiger partial charge in [-0.3, -0.25) is 10.1 Å². The van der Waals surface area contributed by atoms with Crippen LogP contribution in [0.2, 0.25) is 5.02 Å². The van der Waals surface area contributed by atoms with Crippen molar-refractivity contribution in [2.75, 3.05) is 5.32 Å². The molecular formula is C20H15ClF2N6O2. The number of hydrogen-bond donors (Lipinski definition) is 1. The summed E-state index contributed by atoms with van der Waals surface area (Å²) < 4.78 is 34.6. The van der Waals surface area contributed by atoms with Gasteiger partial charge in [0.2, 0.25) is 5.95 Å². The lowest BCUT2D eigenvalue weighted by atomic mass is 10.2. The van der Waals surface area contributed by atoms with Crippen molar-refractivity contribution in [3.63, 3.8) is 0 Å². The van der Waals surface area contributed by atoms with E-state index in [2.05, 4.69) is 20.5 Å². The van der Waals surface area contributed by atoms with Gasteiger partial charge in [0, 0.05) is 17.3 Å². The lowest BCUT2D eigenvalue weighted by molar-refractivity contribution is 0.101. The Morgan fingerprint density at radius 1 is 1.10 bits per heavy atom. The van der Waals surface area contributed by atoms with Gasteiger partial charge in [0.25, 0.3) is 5.91 Å². The molecule has 2 aromatic heterocycles. The SMILES string of the molecule is O=C(Nc1ncn(Cc2cccc(Cl)c2)n1)c1ccn(COc2ccc(F)cc2F)n1. The van der Waals surface area contributed by atoms with Crippen LogP contribution in [0, 0.1) is 11.6 Å². The van der Waals surface area contributed by atoms with Gasteiger partial charge in [-0.1, -0.05) is 23.7 Å². The molecule has 4 rings (SSSR count). The molecule has 0 bridgehead atoms. The Labute approximate surface area is 180 Å². The normalized spacial score (nSPS) is 10.8. The second kappa shape index (κ2) is 8.92. The van der Waals surface area contributed by atoms with Crippen LogP contribution in [0.15, 0.2) is 61.1 Å². The zero-order valence-corrected chi connectivity index (χ0v) is 16.6. The van der Waals surface area contributed by atoms with Crippen molar-refractivity contribution in [3.05, 3.63) is 89.0 Å². The summed E-state index contributed by atoms with van der Waals surface area (Å²) in [6, 6.07) is 11.8. The van der Waals surface area contributed by atoms with E-state index in [9.17, 15) is 13.6 Å². The van der Waals surface area contributed by atoms with Crippen LogP contribution < -0.4 is 10.1 Å². The Kier molecular flexibility index (Phi) is 5.89. The summed E-state index contributed by atoms with van der Waals surface area (Å²) >= 11 is 5.97. The molecule has 0 unspecified atom stereocenters. The van der Waals surface area contributed by atoms with Crippen LogP contribution in [-0.4, -0.2) is 30.5 Å². The van der Waals surface area contributed by atoms with E-state index in [-0.39, 0.29) is 24.1 Å². The second-order valence-electron chi connectivity index (χ2n) is 6.44. The number of carbonyl (C=O) groups excluding carboxylic acids is 1. The van der Waals surface area contributed by atoms with Crippen molar-refractivity contribution in [2.24, 2.45) is 0 Å². The van der Waals surface area contributed by atoms with Gasteiger partial charge in [0.05, 0.1) is 6.54 Å². The average molecular weight is 445 g/mol. The Bertz CT molecular complexity index is 1230. The quantitative estimate of drug-likeness (QED) is 0.469. The van der Waals surface area contributed by atoms with Gasteiger partial charge in [-0.05, 0) is 35.9 Å². The molecule has 8 nitrogen and oxygen atoms in total. The number of nitrogens with zero attached hydrogens (tertiary/aromatic N) is 5. The third-order valence-electron chi connectivity index (χ3n) is 4.11. The maximum absolute atomic E-state index is 13.6. The van der Waals surface area contributed by atoms with E-state index in [0.717, 1.165) is 17.7 Å². The van der Waals surface area contributed by atoms with Crippen molar-refractivity contribution in [1.29, 1.82) is 0 Å². The van der Waals surface area contributed by atoms with Crippen LogP contribution >= 0.6 is 11.6 Å². The topological polar surface area (TPSA) is 86.9 Å². The summed E-state index contributed by atoms with van der Waals surface area (Å²) in [5.74, 6) is -2.06. The van der Waals surface area contributed by atoms with Crippen LogP contribution in [0.25, 0.3) is 0 Å². The number of halogens is 3. The number of benzene rings is 2. The number of rotatable bonds is 7. The van der Waals surface area contributed by atoms with Crippen LogP contribution in [-0.2, 0) is 13.3 Å². The first kappa shape index (κ1) is 20.5. The van der Waals surface area contributed by atoms with Gasteiger partial charge < -0.3 is 4.74 Å². The molecule has 0 atom stereocenters. The lowest BCUT2D eigenvalue weighted by Gasteiger charge is -2.07. The highest BCUT2D eigenvalue weighted by Crippen LogP contribution is 2.18. The first-order valence-corrected chi connectivity index (χ1v) is 9.40. The van der Waals surface area contributed by atoms with Gasteiger partial charge >= 0.3 is 0 Å². The number of nitrogens with one attached hydrogen (secondary N) is 1. The molecule has 11 heteroatoms. The van der Waals surface area contributed by atoms with Crippen molar-refractivity contribution in [3.8, 4) is 5.75 Å². The van der Waals surface area contributed by atoms with Crippen molar-refractivity contribution in [2.45, 2.75) is 13.3 Å². The van der Waals surface area contributed by atoms with E-state index in [1.165, 1.54) is 29.3 Å². The Hall–Kier alpha value is -3.79. The third-order valence-corrected chi connectivity index (χ3v) is 4.35. The van der Waals surface area contributed by atoms with E-state index in [1.54, 1.807) is 10.7 Å². The highest BCUT2D eigenvalue weighted by atomic mass is 35.5. The molecule has 0 radical (unpaired) electrons. The zero-order valence-electron chi connectivity index (χ0n) is 15.9. The average Bonchev–Trinajstić information content (AvgIpc) is 3.37. The molecule has 0 saturated heterocycles. The van der Waals surface area contributed by atoms with Crippen molar-refractivity contribution >= 4 is 23.5 Å². The van der Waals surface area contributed by atoms with Crippen molar-refractivity contribution < 1.29 is 18.3 Å². The molecule has 1 N–H and O–H groups in total. The fourth-order valence-corrected chi connectivity index (χ4v) is 2.91. The summed E-state index contributed by atoms with van der Waals surface area (Å²) in [6.07, 6.45) is 2.97. The fraction of sp³-hybridized carbons (Fsp3) is 0.100. The van der Waals surface area contributed by atoms with Crippen LogP contribution in [0.4, 0.5) is 14.7 Å². The molecule has 2 heterocycles. The van der Waals surface area contributed by atoms with E-state index in [4.69, 9.17) is 16.3 Å². The summed E-state index contributed by atoms with van der Waals surface area (Å²) in [4.78, 5) is 16.4. The molecule has 0 fully saturated rings. The summed E-state index contributed by atoms with van der Waals surface area (Å²) in [5, 5.41) is 11.4. The summed E-state index contributed by atoms with van der Waals surface area (Å²) in [6.45, 7) is 0.275. The standard InChI is InChI=1S/C20H15ClF2N6O2/c21-14-3-1-2-13(8-14)10-29-11-24-20(27-29)25-19(30)17-6-7-28(26-17)12-31-18-5-4-15(22)9-16(18)23/h1-9,11H,10,12H2,(H,25,27,30).